The molecule has 152 valence electrons. The van der Waals surface area contributed by atoms with E-state index in [9.17, 15) is 14.7 Å². The van der Waals surface area contributed by atoms with E-state index in [1.165, 1.54) is 0 Å². The average molecular weight is 485 g/mol. The van der Waals surface area contributed by atoms with Gasteiger partial charge in [-0.2, -0.15) is 0 Å². The van der Waals surface area contributed by atoms with Crippen LogP contribution >= 0.6 is 27.5 Å². The number of nitrogens with zero attached hydrogens (tertiary/aromatic N) is 1. The third kappa shape index (κ3) is 3.47. The van der Waals surface area contributed by atoms with Crippen LogP contribution in [0.3, 0.4) is 0 Å². The standard InChI is InChI=1S/C24H19BrClNO3/c1-15(22(28)17-7-10-19(26)11-8-17)24(30)20-13-18(25)9-12-21(20)27(23(24)29)14-16-5-3-2-4-6-16/h2-13,15,30H,14H2,1H3/t15-,24-/m1/s1. The Morgan fingerprint density at radius 1 is 1.10 bits per heavy atom. The molecule has 0 bridgehead atoms. The van der Waals surface area contributed by atoms with Crippen molar-refractivity contribution in [2.45, 2.75) is 19.1 Å². The molecule has 4 nitrogen and oxygen atoms in total. The zero-order valence-electron chi connectivity index (χ0n) is 16.2. The van der Waals surface area contributed by atoms with Gasteiger partial charge in [0.2, 0.25) is 0 Å². The summed E-state index contributed by atoms with van der Waals surface area (Å²) in [7, 11) is 0. The first-order valence-corrected chi connectivity index (χ1v) is 10.7. The highest BCUT2D eigenvalue weighted by atomic mass is 79.9. The molecule has 0 aromatic heterocycles. The number of Topliss-reactive ketones (excluding diaryl/α,β-unsaturated/α-hetero) is 1. The van der Waals surface area contributed by atoms with E-state index in [4.69, 9.17) is 11.6 Å². The predicted octanol–water partition coefficient (Wildman–Crippen LogP) is 5.36. The first-order chi connectivity index (χ1) is 14.3. The van der Waals surface area contributed by atoms with Gasteiger partial charge in [0.15, 0.2) is 11.4 Å². The summed E-state index contributed by atoms with van der Waals surface area (Å²) in [5, 5.41) is 12.2. The van der Waals surface area contributed by atoms with E-state index < -0.39 is 17.4 Å². The summed E-state index contributed by atoms with van der Waals surface area (Å²) in [4.78, 5) is 28.2. The molecule has 1 amide bonds. The van der Waals surface area contributed by atoms with Crippen LogP contribution in [0.15, 0.2) is 77.3 Å². The number of hydrogen-bond acceptors (Lipinski definition) is 3. The summed E-state index contributed by atoms with van der Waals surface area (Å²) >= 11 is 9.35. The van der Waals surface area contributed by atoms with Crippen LogP contribution in [-0.4, -0.2) is 16.8 Å². The first-order valence-electron chi connectivity index (χ1n) is 9.50. The Morgan fingerprint density at radius 3 is 2.43 bits per heavy atom. The molecule has 0 aliphatic carbocycles. The van der Waals surface area contributed by atoms with E-state index in [0.29, 0.717) is 28.4 Å². The fourth-order valence-corrected chi connectivity index (χ4v) is 4.36. The minimum Gasteiger partial charge on any atom is -0.375 e. The number of carbonyl (C=O) groups is 2. The predicted molar refractivity (Wildman–Crippen MR) is 121 cm³/mol. The van der Waals surface area contributed by atoms with E-state index in [2.05, 4.69) is 15.9 Å². The van der Waals surface area contributed by atoms with Gasteiger partial charge in [-0.15, -0.1) is 0 Å². The van der Waals surface area contributed by atoms with Gasteiger partial charge < -0.3 is 10.0 Å². The summed E-state index contributed by atoms with van der Waals surface area (Å²) in [5.41, 5.74) is 0.384. The minimum absolute atomic E-state index is 0.304. The highest BCUT2D eigenvalue weighted by Crippen LogP contribution is 2.47. The second-order valence-corrected chi connectivity index (χ2v) is 8.75. The van der Waals surface area contributed by atoms with Gasteiger partial charge in [-0.1, -0.05) is 64.8 Å². The van der Waals surface area contributed by atoms with Gasteiger partial charge in [0.1, 0.15) is 0 Å². The molecule has 1 N–H and O–H groups in total. The molecular formula is C24H19BrClNO3. The molecule has 3 aromatic rings. The van der Waals surface area contributed by atoms with Crippen LogP contribution in [0.2, 0.25) is 5.02 Å². The molecule has 6 heteroatoms. The summed E-state index contributed by atoms with van der Waals surface area (Å²) in [5.74, 6) is -1.82. The van der Waals surface area contributed by atoms with Crippen molar-refractivity contribution in [3.63, 3.8) is 0 Å². The third-order valence-electron chi connectivity index (χ3n) is 5.56. The molecule has 0 radical (unpaired) electrons. The SMILES string of the molecule is C[C@H](C(=O)c1ccc(Cl)cc1)[C@]1(O)C(=O)N(Cc2ccccc2)c2ccc(Br)cc21. The van der Waals surface area contributed by atoms with Gasteiger partial charge in [-0.05, 0) is 48.0 Å². The monoisotopic (exact) mass is 483 g/mol. The van der Waals surface area contributed by atoms with Crippen LogP contribution in [0.1, 0.15) is 28.4 Å². The molecule has 3 aromatic carbocycles. The third-order valence-corrected chi connectivity index (χ3v) is 6.31. The van der Waals surface area contributed by atoms with Gasteiger partial charge >= 0.3 is 0 Å². The normalized spacial score (nSPS) is 18.9. The highest BCUT2D eigenvalue weighted by Gasteiger charge is 2.55. The number of benzene rings is 3. The largest absolute Gasteiger partial charge is 0.375 e. The number of rotatable bonds is 5. The van der Waals surface area contributed by atoms with Gasteiger partial charge in [0, 0.05) is 20.6 Å². The zero-order valence-corrected chi connectivity index (χ0v) is 18.5. The number of fused-ring (bicyclic) bond motifs is 1. The molecule has 1 heterocycles. The van der Waals surface area contributed by atoms with Crippen molar-refractivity contribution in [3.05, 3.63) is 99.0 Å². The lowest BCUT2D eigenvalue weighted by atomic mass is 9.79. The maximum atomic E-state index is 13.5. The van der Waals surface area contributed by atoms with Gasteiger partial charge in [0.05, 0.1) is 18.2 Å². The quantitative estimate of drug-likeness (QED) is 0.496. The van der Waals surface area contributed by atoms with Crippen molar-refractivity contribution in [2.24, 2.45) is 5.92 Å². The second kappa shape index (κ2) is 7.99. The summed E-state index contributed by atoms with van der Waals surface area (Å²) in [6.45, 7) is 1.89. The molecule has 1 aliphatic heterocycles. The lowest BCUT2D eigenvalue weighted by Crippen LogP contribution is -2.47. The Hall–Kier alpha value is -2.47. The maximum Gasteiger partial charge on any atom is 0.264 e. The van der Waals surface area contributed by atoms with Gasteiger partial charge in [-0.3, -0.25) is 9.59 Å². The highest BCUT2D eigenvalue weighted by molar-refractivity contribution is 9.10. The molecule has 30 heavy (non-hydrogen) atoms. The lowest BCUT2D eigenvalue weighted by molar-refractivity contribution is -0.139. The van der Waals surface area contributed by atoms with Crippen LogP contribution in [0.4, 0.5) is 5.69 Å². The molecule has 0 unspecified atom stereocenters. The van der Waals surface area contributed by atoms with Crippen LogP contribution in [0.25, 0.3) is 0 Å². The van der Waals surface area contributed by atoms with Crippen molar-refractivity contribution in [1.29, 1.82) is 0 Å². The Balaban J connectivity index is 1.76. The molecular weight excluding hydrogens is 466 g/mol. The number of hydrogen-bond donors (Lipinski definition) is 1. The van der Waals surface area contributed by atoms with Gasteiger partial charge in [-0.25, -0.2) is 0 Å². The molecule has 2 atom stereocenters. The number of halogens is 2. The lowest BCUT2D eigenvalue weighted by Gasteiger charge is -2.28. The summed E-state index contributed by atoms with van der Waals surface area (Å²) in [6.07, 6.45) is 0. The molecule has 4 rings (SSSR count). The Bertz CT molecular complexity index is 1120. The molecule has 1 aliphatic rings. The zero-order chi connectivity index (χ0) is 21.5. The van der Waals surface area contributed by atoms with E-state index in [0.717, 1.165) is 10.0 Å². The van der Waals surface area contributed by atoms with E-state index in [-0.39, 0.29) is 5.78 Å². The van der Waals surface area contributed by atoms with Crippen molar-refractivity contribution in [3.8, 4) is 0 Å². The second-order valence-electron chi connectivity index (χ2n) is 7.40. The van der Waals surface area contributed by atoms with Crippen molar-refractivity contribution < 1.29 is 14.7 Å². The smallest absolute Gasteiger partial charge is 0.264 e. The van der Waals surface area contributed by atoms with Crippen LogP contribution in [-0.2, 0) is 16.9 Å². The van der Waals surface area contributed by atoms with Crippen molar-refractivity contribution in [2.75, 3.05) is 4.90 Å². The summed E-state index contributed by atoms with van der Waals surface area (Å²) < 4.78 is 0.722. The van der Waals surface area contributed by atoms with E-state index >= 15 is 0 Å². The van der Waals surface area contributed by atoms with Crippen molar-refractivity contribution >= 4 is 44.9 Å². The molecule has 0 spiro atoms. The number of aliphatic hydroxyl groups is 1. The first kappa shape index (κ1) is 20.8. The number of anilines is 1. The number of amides is 1. The Kier molecular flexibility index (Phi) is 5.53. The minimum atomic E-state index is -1.97. The molecule has 0 saturated heterocycles. The summed E-state index contributed by atoms with van der Waals surface area (Å²) in [6, 6.07) is 21.3. The van der Waals surface area contributed by atoms with Crippen LogP contribution < -0.4 is 4.90 Å². The Morgan fingerprint density at radius 2 is 1.77 bits per heavy atom. The molecule has 0 fully saturated rings. The van der Waals surface area contributed by atoms with E-state index in [1.54, 1.807) is 48.2 Å². The number of carbonyl (C=O) groups excluding carboxylic acids is 2. The maximum absolute atomic E-state index is 13.5. The topological polar surface area (TPSA) is 57.6 Å². The van der Waals surface area contributed by atoms with Crippen molar-refractivity contribution in [1.82, 2.24) is 0 Å². The van der Waals surface area contributed by atoms with E-state index in [1.807, 2.05) is 36.4 Å². The molecule has 0 saturated carbocycles. The Labute approximate surface area is 188 Å². The van der Waals surface area contributed by atoms with Gasteiger partial charge in [0.25, 0.3) is 5.91 Å². The van der Waals surface area contributed by atoms with Crippen LogP contribution in [0.5, 0.6) is 0 Å². The van der Waals surface area contributed by atoms with Crippen LogP contribution in [0, 0.1) is 5.92 Å². The fraction of sp³-hybridized carbons (Fsp3) is 0.167. The average Bonchev–Trinajstić information content (AvgIpc) is 2.96. The number of ketones is 1. The fourth-order valence-electron chi connectivity index (χ4n) is 3.87.